The Morgan fingerprint density at radius 3 is 2.29 bits per heavy atom. The van der Waals surface area contributed by atoms with Gasteiger partial charge < -0.3 is 14.6 Å². The molecule has 0 amide bonds. The van der Waals surface area contributed by atoms with Gasteiger partial charge in [0.15, 0.2) is 0 Å². The molecule has 2 aromatic carbocycles. The molecule has 5 aliphatic rings. The molecule has 4 bridgehead atoms. The van der Waals surface area contributed by atoms with Gasteiger partial charge in [-0.05, 0) is 98.4 Å². The van der Waals surface area contributed by atoms with Crippen LogP contribution in [0.4, 0.5) is 0 Å². The Balaban J connectivity index is 1.46. The monoisotopic (exact) mass is 418 g/mol. The summed E-state index contributed by atoms with van der Waals surface area (Å²) in [7, 11) is 1.79. The van der Waals surface area contributed by atoms with Crippen molar-refractivity contribution >= 4 is 5.97 Å². The standard InChI is InChI=1S/C27H30O4/c1-26(15-31-24-5-3-19(25(28)29)10-21(24)26)20-4-6-23(30-2)22(11-20)27-12-16-7-17(13-27)9-18(8-16)14-27/h3-6,10-11,16-18H,7-9,12-15H2,1-2H3,(H,28,29). The predicted octanol–water partition coefficient (Wildman–Crippen LogP) is 5.56. The minimum absolute atomic E-state index is 0.234. The Morgan fingerprint density at radius 2 is 1.68 bits per heavy atom. The van der Waals surface area contributed by atoms with Gasteiger partial charge in [0.05, 0.1) is 18.1 Å². The second kappa shape index (κ2) is 6.51. The molecule has 0 aromatic heterocycles. The molecule has 4 saturated carbocycles. The Kier molecular flexibility index (Phi) is 4.03. The zero-order chi connectivity index (χ0) is 21.4. The molecular weight excluding hydrogens is 388 g/mol. The van der Waals surface area contributed by atoms with E-state index in [0.29, 0.717) is 12.2 Å². The van der Waals surface area contributed by atoms with Crippen LogP contribution in [0.2, 0.25) is 0 Å². The molecule has 7 rings (SSSR count). The number of methoxy groups -OCH3 is 1. The lowest BCUT2D eigenvalue weighted by molar-refractivity contribution is -0.00622. The van der Waals surface area contributed by atoms with Crippen LogP contribution in [0.25, 0.3) is 0 Å². The molecule has 1 heterocycles. The van der Waals surface area contributed by atoms with E-state index in [9.17, 15) is 9.90 Å². The lowest BCUT2D eigenvalue weighted by atomic mass is 9.48. The number of ether oxygens (including phenoxy) is 2. The summed E-state index contributed by atoms with van der Waals surface area (Å²) in [5.41, 5.74) is 3.71. The number of hydrogen-bond acceptors (Lipinski definition) is 3. The number of carbonyl (C=O) groups is 1. The molecule has 1 aliphatic heterocycles. The molecule has 162 valence electrons. The fraction of sp³-hybridized carbons (Fsp3) is 0.519. The molecule has 1 atom stereocenters. The van der Waals surface area contributed by atoms with Gasteiger partial charge in [0.1, 0.15) is 18.1 Å². The molecule has 0 saturated heterocycles. The van der Waals surface area contributed by atoms with Crippen LogP contribution in [-0.4, -0.2) is 24.8 Å². The highest BCUT2D eigenvalue weighted by atomic mass is 16.5. The van der Waals surface area contributed by atoms with E-state index < -0.39 is 5.97 Å². The summed E-state index contributed by atoms with van der Waals surface area (Å²) >= 11 is 0. The van der Waals surface area contributed by atoms with Gasteiger partial charge in [0, 0.05) is 11.1 Å². The maximum Gasteiger partial charge on any atom is 0.335 e. The van der Waals surface area contributed by atoms with E-state index in [4.69, 9.17) is 9.47 Å². The van der Waals surface area contributed by atoms with Gasteiger partial charge in [-0.1, -0.05) is 12.1 Å². The van der Waals surface area contributed by atoms with Gasteiger partial charge in [-0.15, -0.1) is 0 Å². The molecule has 1 N–H and O–H groups in total. The zero-order valence-corrected chi connectivity index (χ0v) is 18.3. The molecule has 31 heavy (non-hydrogen) atoms. The average molecular weight is 419 g/mol. The number of rotatable bonds is 4. The third-order valence-corrected chi connectivity index (χ3v) is 8.78. The Morgan fingerprint density at radius 1 is 1.00 bits per heavy atom. The fourth-order valence-corrected chi connectivity index (χ4v) is 7.66. The maximum absolute atomic E-state index is 11.6. The summed E-state index contributed by atoms with van der Waals surface area (Å²) in [6, 6.07) is 11.9. The van der Waals surface area contributed by atoms with Crippen molar-refractivity contribution in [1.82, 2.24) is 0 Å². The summed E-state index contributed by atoms with van der Waals surface area (Å²) < 4.78 is 11.9. The smallest absolute Gasteiger partial charge is 0.335 e. The van der Waals surface area contributed by atoms with Crippen LogP contribution in [-0.2, 0) is 10.8 Å². The first-order valence-corrected chi connectivity index (χ1v) is 11.6. The number of hydrogen-bond donors (Lipinski definition) is 1. The van der Waals surface area contributed by atoms with Crippen LogP contribution in [0.15, 0.2) is 36.4 Å². The fourth-order valence-electron chi connectivity index (χ4n) is 7.66. The Hall–Kier alpha value is -2.49. The topological polar surface area (TPSA) is 55.8 Å². The highest BCUT2D eigenvalue weighted by Crippen LogP contribution is 2.62. The molecule has 4 aliphatic carbocycles. The highest BCUT2D eigenvalue weighted by Gasteiger charge is 2.53. The quantitative estimate of drug-likeness (QED) is 0.706. The van der Waals surface area contributed by atoms with E-state index in [0.717, 1.165) is 34.8 Å². The Labute approximate surface area is 183 Å². The predicted molar refractivity (Wildman–Crippen MR) is 118 cm³/mol. The van der Waals surface area contributed by atoms with Crippen LogP contribution < -0.4 is 9.47 Å². The summed E-state index contributed by atoms with van der Waals surface area (Å²) in [6.07, 6.45) is 8.10. The lowest BCUT2D eigenvalue weighted by Crippen LogP contribution is -2.48. The third kappa shape index (κ3) is 2.76. The SMILES string of the molecule is COc1ccc(C2(C)COc3ccc(C(=O)O)cc32)cc1C12CC3CC(CC(C3)C1)C2. The average Bonchev–Trinajstić information content (AvgIpc) is 3.09. The van der Waals surface area contributed by atoms with E-state index >= 15 is 0 Å². The molecule has 0 spiro atoms. The molecule has 0 radical (unpaired) electrons. The maximum atomic E-state index is 11.6. The number of carboxylic acids is 1. The van der Waals surface area contributed by atoms with Crippen molar-refractivity contribution in [3.05, 3.63) is 58.7 Å². The van der Waals surface area contributed by atoms with Gasteiger partial charge in [-0.25, -0.2) is 4.79 Å². The van der Waals surface area contributed by atoms with Gasteiger partial charge in [0.25, 0.3) is 0 Å². The van der Waals surface area contributed by atoms with Crippen molar-refractivity contribution in [1.29, 1.82) is 0 Å². The van der Waals surface area contributed by atoms with Crippen LogP contribution in [0.1, 0.15) is 72.5 Å². The van der Waals surface area contributed by atoms with Gasteiger partial charge in [-0.2, -0.15) is 0 Å². The van der Waals surface area contributed by atoms with E-state index in [1.165, 1.54) is 49.7 Å². The normalized spacial score (nSPS) is 35.0. The van der Waals surface area contributed by atoms with E-state index in [1.807, 2.05) is 0 Å². The number of aromatic carboxylic acids is 1. The molecule has 2 aromatic rings. The van der Waals surface area contributed by atoms with E-state index in [-0.39, 0.29) is 10.8 Å². The summed E-state index contributed by atoms with van der Waals surface area (Å²) in [5, 5.41) is 9.51. The van der Waals surface area contributed by atoms with Crippen LogP contribution in [0.3, 0.4) is 0 Å². The first kappa shape index (κ1) is 19.2. The van der Waals surface area contributed by atoms with Crippen molar-refractivity contribution in [3.63, 3.8) is 0 Å². The lowest BCUT2D eigenvalue weighted by Gasteiger charge is -2.57. The van der Waals surface area contributed by atoms with Crippen LogP contribution in [0, 0.1) is 17.8 Å². The molecule has 1 unspecified atom stereocenters. The molecule has 4 fully saturated rings. The van der Waals surface area contributed by atoms with E-state index in [1.54, 1.807) is 25.3 Å². The van der Waals surface area contributed by atoms with Crippen molar-refractivity contribution in [2.75, 3.05) is 13.7 Å². The van der Waals surface area contributed by atoms with Gasteiger partial charge in [0.2, 0.25) is 0 Å². The van der Waals surface area contributed by atoms with Crippen LogP contribution >= 0.6 is 0 Å². The number of benzene rings is 2. The Bertz CT molecular complexity index is 1040. The summed E-state index contributed by atoms with van der Waals surface area (Å²) in [5.74, 6) is 3.49. The second-order valence-corrected chi connectivity index (χ2v) is 10.7. The van der Waals surface area contributed by atoms with Crippen molar-refractivity contribution in [2.45, 2.75) is 56.3 Å². The van der Waals surface area contributed by atoms with Crippen molar-refractivity contribution < 1.29 is 19.4 Å². The third-order valence-electron chi connectivity index (χ3n) is 8.78. The van der Waals surface area contributed by atoms with Gasteiger partial charge >= 0.3 is 5.97 Å². The number of carboxylic acid groups (broad SMARTS) is 1. The van der Waals surface area contributed by atoms with E-state index in [2.05, 4.69) is 25.1 Å². The number of fused-ring (bicyclic) bond motifs is 1. The minimum atomic E-state index is -0.902. The summed E-state index contributed by atoms with van der Waals surface area (Å²) in [4.78, 5) is 11.6. The molecule has 4 nitrogen and oxygen atoms in total. The summed E-state index contributed by atoms with van der Waals surface area (Å²) in [6.45, 7) is 2.70. The zero-order valence-electron chi connectivity index (χ0n) is 18.3. The second-order valence-electron chi connectivity index (χ2n) is 10.7. The minimum Gasteiger partial charge on any atom is -0.496 e. The first-order valence-electron chi connectivity index (χ1n) is 11.6. The highest BCUT2D eigenvalue weighted by molar-refractivity contribution is 5.88. The van der Waals surface area contributed by atoms with Gasteiger partial charge in [-0.3, -0.25) is 0 Å². The first-order chi connectivity index (χ1) is 14.9. The molecular formula is C27H30O4. The van der Waals surface area contributed by atoms with Crippen LogP contribution in [0.5, 0.6) is 11.5 Å². The largest absolute Gasteiger partial charge is 0.496 e. The molecule has 4 heteroatoms. The van der Waals surface area contributed by atoms with Crippen molar-refractivity contribution in [2.24, 2.45) is 17.8 Å². The van der Waals surface area contributed by atoms with Crippen molar-refractivity contribution in [3.8, 4) is 11.5 Å².